The SMILES string of the molecule is CC(=O)c1ccc2c(ccc3cc(C(=O)O)ccc32)c1. The molecule has 98 valence electrons. The number of aromatic carboxylic acids is 1. The predicted octanol–water partition coefficient (Wildman–Crippen LogP) is 3.89. The number of ketones is 1. The molecule has 0 saturated carbocycles. The zero-order valence-electron chi connectivity index (χ0n) is 10.9. The lowest BCUT2D eigenvalue weighted by atomic mass is 9.98. The molecule has 0 unspecified atom stereocenters. The van der Waals surface area contributed by atoms with Gasteiger partial charge >= 0.3 is 5.97 Å². The number of benzene rings is 3. The summed E-state index contributed by atoms with van der Waals surface area (Å²) in [6, 6.07) is 14.4. The summed E-state index contributed by atoms with van der Waals surface area (Å²) in [4.78, 5) is 22.4. The maximum Gasteiger partial charge on any atom is 0.335 e. The normalized spacial score (nSPS) is 10.8. The van der Waals surface area contributed by atoms with E-state index in [0.29, 0.717) is 5.56 Å². The summed E-state index contributed by atoms with van der Waals surface area (Å²) >= 11 is 0. The molecule has 0 heterocycles. The summed E-state index contributed by atoms with van der Waals surface area (Å²) in [5.41, 5.74) is 0.955. The molecule has 0 atom stereocenters. The number of hydrogen-bond donors (Lipinski definition) is 1. The van der Waals surface area contributed by atoms with Gasteiger partial charge in [0.15, 0.2) is 5.78 Å². The van der Waals surface area contributed by atoms with Crippen LogP contribution in [0.25, 0.3) is 21.5 Å². The van der Waals surface area contributed by atoms with E-state index in [0.717, 1.165) is 21.5 Å². The lowest BCUT2D eigenvalue weighted by Gasteiger charge is -2.06. The van der Waals surface area contributed by atoms with Gasteiger partial charge in [-0.15, -0.1) is 0 Å². The fraction of sp³-hybridized carbons (Fsp3) is 0.0588. The van der Waals surface area contributed by atoms with E-state index in [1.54, 1.807) is 25.1 Å². The highest BCUT2D eigenvalue weighted by atomic mass is 16.4. The first-order chi connectivity index (χ1) is 9.56. The summed E-state index contributed by atoms with van der Waals surface area (Å²) in [5, 5.41) is 12.9. The smallest absolute Gasteiger partial charge is 0.335 e. The highest BCUT2D eigenvalue weighted by Crippen LogP contribution is 2.27. The Kier molecular flexibility index (Phi) is 2.75. The van der Waals surface area contributed by atoms with E-state index < -0.39 is 5.97 Å². The number of rotatable bonds is 2. The number of carboxylic acids is 1. The van der Waals surface area contributed by atoms with E-state index in [1.807, 2.05) is 30.3 Å². The average Bonchev–Trinajstić information content (AvgIpc) is 2.45. The van der Waals surface area contributed by atoms with Gasteiger partial charge in [0.25, 0.3) is 0 Å². The van der Waals surface area contributed by atoms with E-state index in [9.17, 15) is 9.59 Å². The summed E-state index contributed by atoms with van der Waals surface area (Å²) in [6.45, 7) is 1.54. The molecule has 0 spiro atoms. The van der Waals surface area contributed by atoms with Crippen LogP contribution in [0.4, 0.5) is 0 Å². The molecule has 1 N–H and O–H groups in total. The van der Waals surface area contributed by atoms with Gasteiger partial charge in [0, 0.05) is 5.56 Å². The molecule has 0 bridgehead atoms. The van der Waals surface area contributed by atoms with Crippen molar-refractivity contribution < 1.29 is 14.7 Å². The Morgan fingerprint density at radius 3 is 1.80 bits per heavy atom. The molecule has 0 aromatic heterocycles. The van der Waals surface area contributed by atoms with Crippen molar-refractivity contribution in [3.05, 3.63) is 59.7 Å². The standard InChI is InChI=1S/C17H12O3/c1-10(18)11-4-6-15-12(8-11)2-3-13-9-14(17(19)20)5-7-16(13)15/h2-9H,1H3,(H,19,20). The van der Waals surface area contributed by atoms with E-state index >= 15 is 0 Å². The van der Waals surface area contributed by atoms with Gasteiger partial charge in [0.1, 0.15) is 0 Å². The van der Waals surface area contributed by atoms with Crippen molar-refractivity contribution in [2.45, 2.75) is 6.92 Å². The lowest BCUT2D eigenvalue weighted by molar-refractivity contribution is 0.0697. The third-order valence-corrected chi connectivity index (χ3v) is 3.49. The van der Waals surface area contributed by atoms with Gasteiger partial charge in [-0.25, -0.2) is 4.79 Å². The van der Waals surface area contributed by atoms with Crippen molar-refractivity contribution in [2.24, 2.45) is 0 Å². The van der Waals surface area contributed by atoms with Crippen molar-refractivity contribution in [3.63, 3.8) is 0 Å². The molecule has 0 fully saturated rings. The molecule has 0 saturated heterocycles. The number of carbonyl (C=O) groups is 2. The second kappa shape index (κ2) is 4.46. The van der Waals surface area contributed by atoms with Crippen molar-refractivity contribution >= 4 is 33.3 Å². The van der Waals surface area contributed by atoms with Gasteiger partial charge in [-0.2, -0.15) is 0 Å². The molecule has 3 heteroatoms. The zero-order chi connectivity index (χ0) is 14.3. The van der Waals surface area contributed by atoms with Crippen molar-refractivity contribution in [2.75, 3.05) is 0 Å². The van der Waals surface area contributed by atoms with Crippen molar-refractivity contribution in [1.29, 1.82) is 0 Å². The van der Waals surface area contributed by atoms with Gasteiger partial charge in [-0.05, 0) is 46.7 Å². The van der Waals surface area contributed by atoms with Crippen LogP contribution in [0.1, 0.15) is 27.6 Å². The number of carboxylic acid groups (broad SMARTS) is 1. The Morgan fingerprint density at radius 1 is 0.800 bits per heavy atom. The van der Waals surface area contributed by atoms with Gasteiger partial charge in [-0.1, -0.05) is 30.3 Å². The number of Topliss-reactive ketones (excluding diaryl/α,β-unsaturated/α-hetero) is 1. The Bertz CT molecular complexity index is 790. The summed E-state index contributed by atoms with van der Waals surface area (Å²) in [7, 11) is 0. The minimum Gasteiger partial charge on any atom is -0.478 e. The van der Waals surface area contributed by atoms with Gasteiger partial charge in [0.05, 0.1) is 5.56 Å². The fourth-order valence-corrected chi connectivity index (χ4v) is 2.42. The first-order valence-electron chi connectivity index (χ1n) is 6.27. The van der Waals surface area contributed by atoms with Crippen molar-refractivity contribution in [3.8, 4) is 0 Å². The van der Waals surface area contributed by atoms with E-state index in [1.165, 1.54) is 0 Å². The van der Waals surface area contributed by atoms with Crippen LogP contribution >= 0.6 is 0 Å². The maximum absolute atomic E-state index is 11.4. The molecule has 0 aliphatic rings. The third-order valence-electron chi connectivity index (χ3n) is 3.49. The molecule has 0 amide bonds. The number of hydrogen-bond acceptors (Lipinski definition) is 2. The van der Waals surface area contributed by atoms with Crippen LogP contribution in [0.2, 0.25) is 0 Å². The molecule has 3 nitrogen and oxygen atoms in total. The van der Waals surface area contributed by atoms with Crippen molar-refractivity contribution in [1.82, 2.24) is 0 Å². The minimum atomic E-state index is -0.932. The van der Waals surface area contributed by atoms with E-state index in [-0.39, 0.29) is 11.3 Å². The predicted molar refractivity (Wildman–Crippen MR) is 78.4 cm³/mol. The quantitative estimate of drug-likeness (QED) is 0.564. The number of carbonyl (C=O) groups excluding carboxylic acids is 1. The molecule has 3 aromatic rings. The van der Waals surface area contributed by atoms with Gasteiger partial charge in [-0.3, -0.25) is 4.79 Å². The zero-order valence-corrected chi connectivity index (χ0v) is 10.9. The van der Waals surface area contributed by atoms with Gasteiger partial charge < -0.3 is 5.11 Å². The Balaban J connectivity index is 2.31. The van der Waals surface area contributed by atoms with Crippen LogP contribution in [0.3, 0.4) is 0 Å². The van der Waals surface area contributed by atoms with Gasteiger partial charge in [0.2, 0.25) is 0 Å². The molecule has 3 rings (SSSR count). The van der Waals surface area contributed by atoms with Crippen LogP contribution < -0.4 is 0 Å². The molecular weight excluding hydrogens is 252 g/mol. The second-order valence-corrected chi connectivity index (χ2v) is 4.80. The van der Waals surface area contributed by atoms with Crippen LogP contribution in [0, 0.1) is 0 Å². The topological polar surface area (TPSA) is 54.4 Å². The first-order valence-corrected chi connectivity index (χ1v) is 6.27. The first kappa shape index (κ1) is 12.4. The highest BCUT2D eigenvalue weighted by molar-refractivity contribution is 6.10. The summed E-state index contributed by atoms with van der Waals surface area (Å²) in [6.07, 6.45) is 0. The van der Waals surface area contributed by atoms with Crippen LogP contribution in [-0.2, 0) is 0 Å². The Labute approximate surface area is 115 Å². The number of fused-ring (bicyclic) bond motifs is 3. The van der Waals surface area contributed by atoms with Crippen LogP contribution in [-0.4, -0.2) is 16.9 Å². The molecule has 0 radical (unpaired) electrons. The summed E-state index contributed by atoms with van der Waals surface area (Å²) < 4.78 is 0. The molecule has 0 aliphatic heterocycles. The second-order valence-electron chi connectivity index (χ2n) is 4.80. The maximum atomic E-state index is 11.4. The largest absolute Gasteiger partial charge is 0.478 e. The van der Waals surface area contributed by atoms with E-state index in [2.05, 4.69) is 0 Å². The third kappa shape index (κ3) is 1.93. The monoisotopic (exact) mass is 264 g/mol. The van der Waals surface area contributed by atoms with Crippen LogP contribution in [0.5, 0.6) is 0 Å². The average molecular weight is 264 g/mol. The Hall–Kier alpha value is -2.68. The molecular formula is C17H12O3. The van der Waals surface area contributed by atoms with E-state index in [4.69, 9.17) is 5.11 Å². The minimum absolute atomic E-state index is 0.0354. The Morgan fingerprint density at radius 2 is 1.30 bits per heavy atom. The molecule has 3 aromatic carbocycles. The fourth-order valence-electron chi connectivity index (χ4n) is 2.42. The summed E-state index contributed by atoms with van der Waals surface area (Å²) in [5.74, 6) is -0.896. The molecule has 0 aliphatic carbocycles. The molecule has 20 heavy (non-hydrogen) atoms. The lowest BCUT2D eigenvalue weighted by Crippen LogP contribution is -1.95. The van der Waals surface area contributed by atoms with Crippen LogP contribution in [0.15, 0.2) is 48.5 Å². The highest BCUT2D eigenvalue weighted by Gasteiger charge is 2.07.